The lowest BCUT2D eigenvalue weighted by Crippen LogP contribution is -2.40. The van der Waals surface area contributed by atoms with Gasteiger partial charge < -0.3 is 15.2 Å². The fourth-order valence-electron chi connectivity index (χ4n) is 2.53. The first kappa shape index (κ1) is 15.2. The zero-order valence-corrected chi connectivity index (χ0v) is 11.8. The topological polar surface area (TPSA) is 102 Å². The molecule has 1 amide bonds. The summed E-state index contributed by atoms with van der Waals surface area (Å²) in [7, 11) is 1.35. The highest BCUT2D eigenvalue weighted by Gasteiger charge is 2.31. The molecule has 114 valence electrons. The molecule has 1 fully saturated rings. The molecule has 1 aromatic rings. The van der Waals surface area contributed by atoms with E-state index in [-0.39, 0.29) is 23.5 Å². The number of nitrogens with one attached hydrogen (secondary N) is 1. The van der Waals surface area contributed by atoms with Crippen molar-refractivity contribution >= 4 is 11.6 Å². The summed E-state index contributed by atoms with van der Waals surface area (Å²) in [6.45, 7) is 0.173. The molecule has 0 saturated heterocycles. The zero-order valence-electron chi connectivity index (χ0n) is 11.8. The number of hydrogen-bond donors (Lipinski definition) is 2. The van der Waals surface area contributed by atoms with E-state index < -0.39 is 16.4 Å². The van der Waals surface area contributed by atoms with Gasteiger partial charge in [-0.1, -0.05) is 12.8 Å². The summed E-state index contributed by atoms with van der Waals surface area (Å²) in [6, 6.07) is 3.81. The highest BCUT2D eigenvalue weighted by atomic mass is 16.6. The number of hydrogen-bond acceptors (Lipinski definition) is 5. The maximum Gasteiger partial charge on any atom is 0.273 e. The Morgan fingerprint density at radius 2 is 2.14 bits per heavy atom. The minimum absolute atomic E-state index is 0.139. The van der Waals surface area contributed by atoms with Gasteiger partial charge in [-0.3, -0.25) is 14.9 Å². The molecule has 7 heteroatoms. The lowest BCUT2D eigenvalue weighted by molar-refractivity contribution is -0.384. The van der Waals surface area contributed by atoms with Gasteiger partial charge in [0.2, 0.25) is 0 Å². The fourth-order valence-corrected chi connectivity index (χ4v) is 2.53. The maximum absolute atomic E-state index is 12.1. The van der Waals surface area contributed by atoms with Crippen LogP contribution in [0.2, 0.25) is 0 Å². The third-order valence-corrected chi connectivity index (χ3v) is 3.75. The van der Waals surface area contributed by atoms with Gasteiger partial charge in [-0.05, 0) is 18.9 Å². The van der Waals surface area contributed by atoms with Crippen molar-refractivity contribution in [2.24, 2.45) is 0 Å². The molecule has 1 saturated carbocycles. The second-order valence-electron chi connectivity index (χ2n) is 5.26. The summed E-state index contributed by atoms with van der Waals surface area (Å²) in [4.78, 5) is 22.3. The standard InChI is InChI=1S/C14H18N2O5/c1-21-12-8-10(16(19)20)4-5-11(12)13(17)15-9-14(18)6-2-3-7-14/h4-5,8,18H,2-3,6-7,9H2,1H3,(H,15,17). The normalized spacial score (nSPS) is 16.5. The van der Waals surface area contributed by atoms with Crippen LogP contribution in [0.3, 0.4) is 0 Å². The monoisotopic (exact) mass is 294 g/mol. The lowest BCUT2D eigenvalue weighted by atomic mass is 10.0. The number of nitro benzene ring substituents is 1. The van der Waals surface area contributed by atoms with E-state index in [4.69, 9.17) is 4.74 Å². The van der Waals surface area contributed by atoms with Gasteiger partial charge in [-0.25, -0.2) is 0 Å². The Balaban J connectivity index is 2.09. The summed E-state index contributed by atoms with van der Waals surface area (Å²) in [6.07, 6.45) is 3.25. The summed E-state index contributed by atoms with van der Waals surface area (Å²) < 4.78 is 5.03. The molecule has 7 nitrogen and oxygen atoms in total. The molecule has 1 aromatic carbocycles. The van der Waals surface area contributed by atoms with Crippen LogP contribution in [0, 0.1) is 10.1 Å². The molecular formula is C14H18N2O5. The molecule has 0 bridgehead atoms. The van der Waals surface area contributed by atoms with Crippen LogP contribution < -0.4 is 10.1 Å². The van der Waals surface area contributed by atoms with Crippen LogP contribution in [0.5, 0.6) is 5.75 Å². The van der Waals surface area contributed by atoms with Gasteiger partial charge in [0.05, 0.1) is 29.3 Å². The minimum atomic E-state index is -0.844. The molecule has 1 aliphatic carbocycles. The smallest absolute Gasteiger partial charge is 0.273 e. The van der Waals surface area contributed by atoms with Gasteiger partial charge in [-0.15, -0.1) is 0 Å². The van der Waals surface area contributed by atoms with E-state index in [1.165, 1.54) is 25.3 Å². The highest BCUT2D eigenvalue weighted by molar-refractivity contribution is 5.97. The predicted molar refractivity (Wildman–Crippen MR) is 75.4 cm³/mol. The fraction of sp³-hybridized carbons (Fsp3) is 0.500. The van der Waals surface area contributed by atoms with Gasteiger partial charge >= 0.3 is 0 Å². The van der Waals surface area contributed by atoms with E-state index >= 15 is 0 Å². The number of ether oxygens (including phenoxy) is 1. The van der Waals surface area contributed by atoms with Crippen molar-refractivity contribution in [1.82, 2.24) is 5.32 Å². The van der Waals surface area contributed by atoms with Crippen LogP contribution in [0.25, 0.3) is 0 Å². The van der Waals surface area contributed by atoms with E-state index in [1.54, 1.807) is 0 Å². The number of non-ortho nitro benzene ring substituents is 1. The summed E-state index contributed by atoms with van der Waals surface area (Å²) in [5.74, 6) is -0.276. The Hall–Kier alpha value is -2.15. The lowest BCUT2D eigenvalue weighted by Gasteiger charge is -2.22. The van der Waals surface area contributed by atoms with Crippen molar-refractivity contribution in [2.75, 3.05) is 13.7 Å². The van der Waals surface area contributed by atoms with E-state index in [0.717, 1.165) is 12.8 Å². The average Bonchev–Trinajstić information content (AvgIpc) is 2.91. The number of aliphatic hydroxyl groups is 1. The van der Waals surface area contributed by atoms with Gasteiger partial charge in [-0.2, -0.15) is 0 Å². The molecule has 0 unspecified atom stereocenters. The average molecular weight is 294 g/mol. The first-order valence-corrected chi connectivity index (χ1v) is 6.78. The van der Waals surface area contributed by atoms with Crippen molar-refractivity contribution in [2.45, 2.75) is 31.3 Å². The van der Waals surface area contributed by atoms with Crippen LogP contribution in [0.1, 0.15) is 36.0 Å². The summed E-state index contributed by atoms with van der Waals surface area (Å²) in [5.41, 5.74) is -0.772. The molecule has 0 aliphatic heterocycles. The SMILES string of the molecule is COc1cc([N+](=O)[O-])ccc1C(=O)NCC1(O)CCCC1. The largest absolute Gasteiger partial charge is 0.496 e. The number of amides is 1. The molecule has 2 rings (SSSR count). The molecule has 2 N–H and O–H groups in total. The molecule has 0 aromatic heterocycles. The molecule has 0 heterocycles. The molecule has 21 heavy (non-hydrogen) atoms. The van der Waals surface area contributed by atoms with E-state index in [9.17, 15) is 20.0 Å². The van der Waals surface area contributed by atoms with Crippen molar-refractivity contribution in [3.05, 3.63) is 33.9 Å². The second-order valence-corrected chi connectivity index (χ2v) is 5.26. The van der Waals surface area contributed by atoms with Gasteiger partial charge in [0.25, 0.3) is 11.6 Å². The molecule has 1 aliphatic rings. The number of benzene rings is 1. The highest BCUT2D eigenvalue weighted by Crippen LogP contribution is 2.29. The molecule has 0 spiro atoms. The predicted octanol–water partition coefficient (Wildman–Crippen LogP) is 1.64. The second kappa shape index (κ2) is 6.09. The first-order chi connectivity index (χ1) is 9.95. The molecular weight excluding hydrogens is 276 g/mol. The van der Waals surface area contributed by atoms with Gasteiger partial charge in [0.1, 0.15) is 5.75 Å². The van der Waals surface area contributed by atoms with Gasteiger partial charge in [0, 0.05) is 12.6 Å². The Morgan fingerprint density at radius 1 is 1.48 bits per heavy atom. The van der Waals surface area contributed by atoms with Crippen LogP contribution in [-0.4, -0.2) is 35.2 Å². The first-order valence-electron chi connectivity index (χ1n) is 6.78. The molecule has 0 atom stereocenters. The minimum Gasteiger partial charge on any atom is -0.496 e. The van der Waals surface area contributed by atoms with Crippen molar-refractivity contribution in [3.63, 3.8) is 0 Å². The number of nitrogens with zero attached hydrogens (tertiary/aromatic N) is 1. The van der Waals surface area contributed by atoms with Crippen LogP contribution in [-0.2, 0) is 0 Å². The molecule has 0 radical (unpaired) electrons. The Kier molecular flexibility index (Phi) is 4.42. The van der Waals surface area contributed by atoms with Crippen molar-refractivity contribution in [3.8, 4) is 5.75 Å². The van der Waals surface area contributed by atoms with E-state index in [1.807, 2.05) is 0 Å². The van der Waals surface area contributed by atoms with E-state index in [2.05, 4.69) is 5.32 Å². The number of nitro groups is 1. The number of carbonyl (C=O) groups is 1. The van der Waals surface area contributed by atoms with Crippen LogP contribution in [0.4, 0.5) is 5.69 Å². The van der Waals surface area contributed by atoms with Crippen LogP contribution >= 0.6 is 0 Å². The van der Waals surface area contributed by atoms with Crippen LogP contribution in [0.15, 0.2) is 18.2 Å². The van der Waals surface area contributed by atoms with Crippen molar-refractivity contribution < 1.29 is 19.6 Å². The number of carbonyl (C=O) groups excluding carboxylic acids is 1. The quantitative estimate of drug-likeness (QED) is 0.635. The number of methoxy groups -OCH3 is 1. The third-order valence-electron chi connectivity index (χ3n) is 3.75. The number of rotatable bonds is 5. The Morgan fingerprint density at radius 3 is 2.71 bits per heavy atom. The summed E-state index contributed by atoms with van der Waals surface area (Å²) in [5, 5.41) is 23.6. The van der Waals surface area contributed by atoms with E-state index in [0.29, 0.717) is 12.8 Å². The van der Waals surface area contributed by atoms with Crippen molar-refractivity contribution in [1.29, 1.82) is 0 Å². The zero-order chi connectivity index (χ0) is 15.5. The Bertz CT molecular complexity index is 552. The summed E-state index contributed by atoms with van der Waals surface area (Å²) >= 11 is 0. The van der Waals surface area contributed by atoms with Gasteiger partial charge in [0.15, 0.2) is 0 Å². The third kappa shape index (κ3) is 3.49. The Labute approximate surface area is 122 Å². The maximum atomic E-state index is 12.1.